The number of piperidine rings is 1. The summed E-state index contributed by atoms with van der Waals surface area (Å²) in [4.78, 5) is 25.2. The summed E-state index contributed by atoms with van der Waals surface area (Å²) in [6.07, 6.45) is 6.15. The van der Waals surface area contributed by atoms with Crippen LogP contribution in [0.2, 0.25) is 0 Å². The number of allylic oxidation sites excluding steroid dienone is 1. The molecule has 0 amide bonds. The molecule has 1 unspecified atom stereocenters. The van der Waals surface area contributed by atoms with E-state index in [0.717, 1.165) is 54.8 Å². The number of ketones is 1. The van der Waals surface area contributed by atoms with Crippen LogP contribution in [0.3, 0.4) is 0 Å². The van der Waals surface area contributed by atoms with Crippen LogP contribution in [-0.4, -0.2) is 42.2 Å². The summed E-state index contributed by atoms with van der Waals surface area (Å²) in [5.74, 6) is 1.02. The van der Waals surface area contributed by atoms with Crippen LogP contribution in [0.25, 0.3) is 5.70 Å². The fraction of sp³-hybridized carbons (Fsp3) is 0.524. The van der Waals surface area contributed by atoms with Crippen LogP contribution >= 0.6 is 0 Å². The Morgan fingerprint density at radius 3 is 2.81 bits per heavy atom. The number of carbonyl (C=O) groups is 2. The highest BCUT2D eigenvalue weighted by Gasteiger charge is 2.33. The normalized spacial score (nSPS) is 20.1. The van der Waals surface area contributed by atoms with Gasteiger partial charge in [-0.25, -0.2) is 0 Å². The van der Waals surface area contributed by atoms with Gasteiger partial charge in [-0.15, -0.1) is 0 Å². The Morgan fingerprint density at radius 1 is 1.38 bits per heavy atom. The molecule has 0 spiro atoms. The Balaban J connectivity index is 1.86. The summed E-state index contributed by atoms with van der Waals surface area (Å²) in [5.41, 5.74) is 3.34. The Bertz CT molecular complexity index is 692. The highest BCUT2D eigenvalue weighted by atomic mass is 16.5. The molecule has 3 rings (SSSR count). The first-order valence-electron chi connectivity index (χ1n) is 9.52. The Kier molecular flexibility index (Phi) is 6.09. The number of ether oxygens (including phenoxy) is 1. The zero-order chi connectivity index (χ0) is 18.5. The maximum atomic E-state index is 12.2. The molecule has 0 aliphatic carbocycles. The summed E-state index contributed by atoms with van der Waals surface area (Å²) in [6, 6.07) is 5.88. The second-order valence-corrected chi connectivity index (χ2v) is 7.02. The van der Waals surface area contributed by atoms with Gasteiger partial charge in [0.15, 0.2) is 5.78 Å². The van der Waals surface area contributed by atoms with Gasteiger partial charge in [-0.1, -0.05) is 18.2 Å². The number of nitrogens with zero attached hydrogens (tertiary/aromatic N) is 1. The molecular weight excluding hydrogens is 328 g/mol. The summed E-state index contributed by atoms with van der Waals surface area (Å²) in [5, 5.41) is 3.36. The molecule has 1 aromatic carbocycles. The van der Waals surface area contributed by atoms with Crippen LogP contribution in [0.5, 0.6) is 5.75 Å². The van der Waals surface area contributed by atoms with E-state index in [2.05, 4.69) is 22.4 Å². The van der Waals surface area contributed by atoms with Crippen molar-refractivity contribution >= 4 is 17.8 Å². The lowest BCUT2D eigenvalue weighted by atomic mass is 10.1. The zero-order valence-electron chi connectivity index (χ0n) is 15.7. The van der Waals surface area contributed by atoms with Crippen LogP contribution in [0.4, 0.5) is 0 Å². The first kappa shape index (κ1) is 18.6. The van der Waals surface area contributed by atoms with Crippen molar-refractivity contribution in [1.29, 1.82) is 0 Å². The van der Waals surface area contributed by atoms with Crippen molar-refractivity contribution in [2.75, 3.05) is 13.1 Å². The van der Waals surface area contributed by atoms with E-state index in [1.807, 2.05) is 19.1 Å². The van der Waals surface area contributed by atoms with Gasteiger partial charge >= 0.3 is 0 Å². The van der Waals surface area contributed by atoms with Crippen LogP contribution in [0, 0.1) is 0 Å². The van der Waals surface area contributed by atoms with Crippen molar-refractivity contribution in [2.45, 2.75) is 58.2 Å². The summed E-state index contributed by atoms with van der Waals surface area (Å²) in [7, 11) is 0. The molecule has 0 saturated carbocycles. The predicted octanol–water partition coefficient (Wildman–Crippen LogP) is 2.93. The van der Waals surface area contributed by atoms with E-state index in [0.29, 0.717) is 19.4 Å². The summed E-state index contributed by atoms with van der Waals surface area (Å²) >= 11 is 0. The SMILES string of the molecule is CC=C1c2cccc(OC3CCNCC3)c2CN1C(CCC=O)C(C)=O. The highest BCUT2D eigenvalue weighted by Crippen LogP contribution is 2.40. The lowest BCUT2D eigenvalue weighted by molar-refractivity contribution is -0.121. The molecule has 1 N–H and O–H groups in total. The van der Waals surface area contributed by atoms with Crippen LogP contribution in [0.1, 0.15) is 50.7 Å². The summed E-state index contributed by atoms with van der Waals surface area (Å²) < 4.78 is 6.33. The van der Waals surface area contributed by atoms with Crippen LogP contribution in [0.15, 0.2) is 24.3 Å². The maximum Gasteiger partial charge on any atom is 0.152 e. The van der Waals surface area contributed by atoms with Crippen molar-refractivity contribution in [2.24, 2.45) is 0 Å². The fourth-order valence-electron chi connectivity index (χ4n) is 3.99. The standard InChI is InChI=1S/C21H28N2O3/c1-3-19-17-6-4-8-21(26-16-9-11-22-12-10-16)18(17)14-23(19)20(15(2)25)7-5-13-24/h3-4,6,8,13,16,20,22H,5,7,9-12,14H2,1-2H3. The molecule has 2 heterocycles. The number of aldehydes is 1. The smallest absolute Gasteiger partial charge is 0.152 e. The molecule has 26 heavy (non-hydrogen) atoms. The van der Waals surface area contributed by atoms with E-state index in [-0.39, 0.29) is 17.9 Å². The quantitative estimate of drug-likeness (QED) is 0.761. The topological polar surface area (TPSA) is 58.6 Å². The molecule has 1 atom stereocenters. The van der Waals surface area contributed by atoms with Crippen molar-refractivity contribution < 1.29 is 14.3 Å². The summed E-state index contributed by atoms with van der Waals surface area (Å²) in [6.45, 7) is 6.24. The van der Waals surface area contributed by atoms with Gasteiger partial charge in [0.05, 0.1) is 6.04 Å². The fourth-order valence-corrected chi connectivity index (χ4v) is 3.99. The van der Waals surface area contributed by atoms with Crippen molar-refractivity contribution in [3.8, 4) is 5.75 Å². The third kappa shape index (κ3) is 3.83. The van der Waals surface area contributed by atoms with Gasteiger partial charge < -0.3 is 19.7 Å². The molecule has 2 aliphatic heterocycles. The molecule has 0 bridgehead atoms. The Morgan fingerprint density at radius 2 is 2.15 bits per heavy atom. The van der Waals surface area contributed by atoms with Crippen molar-refractivity contribution in [3.05, 3.63) is 35.4 Å². The minimum Gasteiger partial charge on any atom is -0.490 e. The lowest BCUT2D eigenvalue weighted by Crippen LogP contribution is -2.36. The number of nitrogens with one attached hydrogen (secondary N) is 1. The first-order valence-corrected chi connectivity index (χ1v) is 9.52. The van der Waals surface area contributed by atoms with Crippen molar-refractivity contribution in [1.82, 2.24) is 10.2 Å². The second-order valence-electron chi connectivity index (χ2n) is 7.02. The molecule has 140 valence electrons. The number of rotatable bonds is 7. The molecular formula is C21H28N2O3. The lowest BCUT2D eigenvalue weighted by Gasteiger charge is -2.29. The zero-order valence-corrected chi connectivity index (χ0v) is 15.7. The van der Waals surface area contributed by atoms with E-state index in [4.69, 9.17) is 4.74 Å². The number of fused-ring (bicyclic) bond motifs is 1. The predicted molar refractivity (Wildman–Crippen MR) is 102 cm³/mol. The number of benzene rings is 1. The third-order valence-electron chi connectivity index (χ3n) is 5.30. The molecule has 1 aromatic rings. The van der Waals surface area contributed by atoms with Crippen LogP contribution < -0.4 is 10.1 Å². The number of Topliss-reactive ketones (excluding diaryl/α,β-unsaturated/α-hetero) is 1. The van der Waals surface area contributed by atoms with Gasteiger partial charge in [0.25, 0.3) is 0 Å². The molecule has 5 nitrogen and oxygen atoms in total. The van der Waals surface area contributed by atoms with E-state index >= 15 is 0 Å². The minimum absolute atomic E-state index is 0.0971. The Labute approximate surface area is 155 Å². The third-order valence-corrected chi connectivity index (χ3v) is 5.30. The molecule has 1 fully saturated rings. The molecule has 0 radical (unpaired) electrons. The largest absolute Gasteiger partial charge is 0.490 e. The van der Waals surface area contributed by atoms with Gasteiger partial charge in [-0.2, -0.15) is 0 Å². The number of hydrogen-bond acceptors (Lipinski definition) is 5. The molecule has 0 aromatic heterocycles. The van der Waals surface area contributed by atoms with E-state index in [9.17, 15) is 9.59 Å². The van der Waals surface area contributed by atoms with E-state index in [1.165, 1.54) is 0 Å². The van der Waals surface area contributed by atoms with E-state index in [1.54, 1.807) is 6.92 Å². The van der Waals surface area contributed by atoms with Gasteiger partial charge in [0.1, 0.15) is 18.1 Å². The molecule has 5 heteroatoms. The maximum absolute atomic E-state index is 12.2. The number of hydrogen-bond donors (Lipinski definition) is 1. The first-order chi connectivity index (χ1) is 12.7. The van der Waals surface area contributed by atoms with Gasteiger partial charge in [0, 0.05) is 29.8 Å². The van der Waals surface area contributed by atoms with Crippen molar-refractivity contribution in [3.63, 3.8) is 0 Å². The van der Waals surface area contributed by atoms with Gasteiger partial charge in [-0.05, 0) is 52.3 Å². The molecule has 1 saturated heterocycles. The average molecular weight is 356 g/mol. The van der Waals surface area contributed by atoms with Gasteiger partial charge in [-0.3, -0.25) is 4.79 Å². The average Bonchev–Trinajstić information content (AvgIpc) is 3.02. The monoisotopic (exact) mass is 356 g/mol. The van der Waals surface area contributed by atoms with Gasteiger partial charge in [0.2, 0.25) is 0 Å². The second kappa shape index (κ2) is 8.49. The minimum atomic E-state index is -0.273. The van der Waals surface area contributed by atoms with Crippen LogP contribution in [-0.2, 0) is 16.1 Å². The van der Waals surface area contributed by atoms with E-state index < -0.39 is 0 Å². The molecule has 2 aliphatic rings. The number of carbonyl (C=O) groups excluding carboxylic acids is 2. The highest BCUT2D eigenvalue weighted by molar-refractivity contribution is 5.85. The Hall–Kier alpha value is -2.14.